The number of aromatic nitrogens is 1. The number of anilines is 1. The van der Waals surface area contributed by atoms with Crippen LogP contribution in [-0.2, 0) is 16.0 Å². The van der Waals surface area contributed by atoms with E-state index in [1.54, 1.807) is 0 Å². The Hall–Kier alpha value is -2.73. The number of hydrogen-bond donors (Lipinski definition) is 2. The molecule has 0 bridgehead atoms. The molecule has 146 valence electrons. The third-order valence-electron chi connectivity index (χ3n) is 4.49. The summed E-state index contributed by atoms with van der Waals surface area (Å²) in [5.74, 6) is 0.0271. The molecule has 0 spiro atoms. The molecule has 0 aliphatic carbocycles. The first-order valence-corrected chi connectivity index (χ1v) is 10.4. The average molecular weight is 396 g/mol. The Morgan fingerprint density at radius 1 is 1.07 bits per heavy atom. The third kappa shape index (κ3) is 5.39. The lowest BCUT2D eigenvalue weighted by molar-refractivity contribution is -0.121. The number of hydrogen-bond acceptors (Lipinski definition) is 4. The summed E-state index contributed by atoms with van der Waals surface area (Å²) in [5, 5.41) is 6.51. The van der Waals surface area contributed by atoms with Crippen LogP contribution in [0.5, 0.6) is 0 Å². The zero-order valence-electron chi connectivity index (χ0n) is 16.2. The van der Waals surface area contributed by atoms with Crippen LogP contribution in [0.2, 0.25) is 0 Å². The van der Waals surface area contributed by atoms with E-state index in [-0.39, 0.29) is 17.9 Å². The van der Waals surface area contributed by atoms with E-state index in [0.717, 1.165) is 27.8 Å². The molecule has 3 rings (SSSR count). The van der Waals surface area contributed by atoms with Crippen molar-refractivity contribution in [1.29, 1.82) is 0 Å². The van der Waals surface area contributed by atoms with Gasteiger partial charge in [0, 0.05) is 12.8 Å². The molecule has 0 saturated heterocycles. The van der Waals surface area contributed by atoms with Crippen molar-refractivity contribution in [1.82, 2.24) is 10.3 Å². The molecule has 2 amide bonds. The van der Waals surface area contributed by atoms with E-state index in [2.05, 4.69) is 21.7 Å². The van der Waals surface area contributed by atoms with Crippen LogP contribution in [-0.4, -0.2) is 16.8 Å². The number of carbonyl (C=O) groups is 2. The molecule has 3 aromatic rings. The van der Waals surface area contributed by atoms with Crippen molar-refractivity contribution in [2.24, 2.45) is 0 Å². The molecule has 2 aromatic carbocycles. The lowest BCUT2D eigenvalue weighted by Crippen LogP contribution is -2.26. The van der Waals surface area contributed by atoms with Crippen LogP contribution in [0, 0.1) is 0 Å². The Bertz CT molecular complexity index is 953. The van der Waals surface area contributed by atoms with E-state index >= 15 is 0 Å². The van der Waals surface area contributed by atoms with Crippen molar-refractivity contribution in [3.63, 3.8) is 0 Å². The minimum atomic E-state index is -0.00835. The highest BCUT2D eigenvalue weighted by Crippen LogP contribution is 2.27. The minimum Gasteiger partial charge on any atom is -0.350 e. The number of fused-ring (bicyclic) bond motifs is 1. The van der Waals surface area contributed by atoms with Gasteiger partial charge in [-0.05, 0) is 43.0 Å². The van der Waals surface area contributed by atoms with E-state index in [4.69, 9.17) is 0 Å². The van der Waals surface area contributed by atoms with Crippen molar-refractivity contribution >= 4 is 38.5 Å². The van der Waals surface area contributed by atoms with E-state index < -0.39 is 0 Å². The smallest absolute Gasteiger partial charge is 0.226 e. The van der Waals surface area contributed by atoms with Gasteiger partial charge in [0.05, 0.1) is 16.3 Å². The Kier molecular flexibility index (Phi) is 6.76. The first-order chi connectivity index (χ1) is 13.5. The van der Waals surface area contributed by atoms with Gasteiger partial charge >= 0.3 is 0 Å². The second-order valence-electron chi connectivity index (χ2n) is 6.82. The first-order valence-electron chi connectivity index (χ1n) is 9.58. The average Bonchev–Trinajstić information content (AvgIpc) is 3.08. The number of nitrogens with zero attached hydrogens (tertiary/aromatic N) is 1. The van der Waals surface area contributed by atoms with E-state index in [9.17, 15) is 9.59 Å². The van der Waals surface area contributed by atoms with Gasteiger partial charge < -0.3 is 10.6 Å². The van der Waals surface area contributed by atoms with Gasteiger partial charge in [-0.25, -0.2) is 4.98 Å². The molecule has 1 aromatic heterocycles. The number of aryl methyl sites for hydroxylation is 1. The summed E-state index contributed by atoms with van der Waals surface area (Å²) in [4.78, 5) is 28.5. The van der Waals surface area contributed by atoms with Gasteiger partial charge in [-0.1, -0.05) is 54.7 Å². The molecule has 28 heavy (non-hydrogen) atoms. The number of carbonyl (C=O) groups excluding carboxylic acids is 2. The molecular formula is C22H25N3O2S. The van der Waals surface area contributed by atoms with Crippen LogP contribution >= 0.6 is 11.3 Å². The van der Waals surface area contributed by atoms with Crippen LogP contribution in [0.25, 0.3) is 10.2 Å². The molecule has 1 heterocycles. The minimum absolute atomic E-state index is 0.00744. The van der Waals surface area contributed by atoms with Crippen LogP contribution in [0.15, 0.2) is 48.5 Å². The standard InChI is InChI=1S/C22H25N3O2S/c1-3-7-20(26)25-22-24-18-12-10-16(14-19(18)28-22)11-13-21(27)23-15(2)17-8-5-4-6-9-17/h4-6,8-10,12,14-15H,3,7,11,13H2,1-2H3,(H,23,27)(H,24,25,26)/t15-/m0/s1. The highest BCUT2D eigenvalue weighted by Gasteiger charge is 2.11. The molecule has 6 heteroatoms. The normalized spacial score (nSPS) is 11.9. The van der Waals surface area contributed by atoms with E-state index in [0.29, 0.717) is 24.4 Å². The van der Waals surface area contributed by atoms with Gasteiger partial charge in [-0.3, -0.25) is 9.59 Å². The zero-order valence-corrected chi connectivity index (χ0v) is 17.0. The Labute approximate surface area is 169 Å². The number of rotatable bonds is 8. The molecule has 0 unspecified atom stereocenters. The van der Waals surface area contributed by atoms with Gasteiger partial charge in [0.15, 0.2) is 5.13 Å². The molecule has 0 aliphatic rings. The predicted octanol–water partition coefficient (Wildman–Crippen LogP) is 4.84. The molecule has 0 saturated carbocycles. The third-order valence-corrected chi connectivity index (χ3v) is 5.43. The molecule has 0 fully saturated rings. The fourth-order valence-electron chi connectivity index (χ4n) is 2.98. The summed E-state index contributed by atoms with van der Waals surface area (Å²) in [6, 6.07) is 15.9. The second-order valence-corrected chi connectivity index (χ2v) is 7.85. The monoisotopic (exact) mass is 395 g/mol. The summed E-state index contributed by atoms with van der Waals surface area (Å²) in [7, 11) is 0. The number of nitrogens with one attached hydrogen (secondary N) is 2. The lowest BCUT2D eigenvalue weighted by atomic mass is 10.1. The van der Waals surface area contributed by atoms with Crippen molar-refractivity contribution < 1.29 is 9.59 Å². The van der Waals surface area contributed by atoms with Gasteiger partial charge in [0.1, 0.15) is 0 Å². The number of thiazole rings is 1. The quantitative estimate of drug-likeness (QED) is 0.573. The van der Waals surface area contributed by atoms with Crippen molar-refractivity contribution in [3.05, 3.63) is 59.7 Å². The molecular weight excluding hydrogens is 370 g/mol. The zero-order chi connectivity index (χ0) is 19.9. The highest BCUT2D eigenvalue weighted by molar-refractivity contribution is 7.22. The summed E-state index contributed by atoms with van der Waals surface area (Å²) >= 11 is 1.46. The lowest BCUT2D eigenvalue weighted by Gasteiger charge is -2.14. The Morgan fingerprint density at radius 3 is 2.61 bits per heavy atom. The van der Waals surface area contributed by atoms with Crippen molar-refractivity contribution in [2.75, 3.05) is 5.32 Å². The Morgan fingerprint density at radius 2 is 1.86 bits per heavy atom. The maximum absolute atomic E-state index is 12.3. The summed E-state index contributed by atoms with van der Waals surface area (Å²) in [5.41, 5.74) is 3.05. The SMILES string of the molecule is CCCC(=O)Nc1nc2ccc(CCC(=O)N[C@@H](C)c3ccccc3)cc2s1. The maximum Gasteiger partial charge on any atom is 0.226 e. The first kappa shape index (κ1) is 20.0. The second kappa shape index (κ2) is 9.46. The van der Waals surface area contributed by atoms with E-state index in [1.165, 1.54) is 11.3 Å². The fraction of sp³-hybridized carbons (Fsp3) is 0.318. The molecule has 0 aliphatic heterocycles. The van der Waals surface area contributed by atoms with Gasteiger partial charge in [-0.15, -0.1) is 0 Å². The molecule has 0 radical (unpaired) electrons. The largest absolute Gasteiger partial charge is 0.350 e. The fourth-order valence-corrected chi connectivity index (χ4v) is 3.93. The molecule has 2 N–H and O–H groups in total. The van der Waals surface area contributed by atoms with Crippen LogP contribution in [0.3, 0.4) is 0 Å². The van der Waals surface area contributed by atoms with Gasteiger partial charge in [0.25, 0.3) is 0 Å². The summed E-state index contributed by atoms with van der Waals surface area (Å²) in [6.07, 6.45) is 2.41. The molecule has 1 atom stereocenters. The van der Waals surface area contributed by atoms with Crippen LogP contribution in [0.4, 0.5) is 5.13 Å². The Balaban J connectivity index is 1.56. The van der Waals surface area contributed by atoms with Crippen LogP contribution in [0.1, 0.15) is 50.3 Å². The van der Waals surface area contributed by atoms with Crippen molar-refractivity contribution in [3.8, 4) is 0 Å². The number of amides is 2. The topological polar surface area (TPSA) is 71.1 Å². The van der Waals surface area contributed by atoms with Gasteiger partial charge in [0.2, 0.25) is 11.8 Å². The predicted molar refractivity (Wildman–Crippen MR) is 114 cm³/mol. The molecule has 5 nitrogen and oxygen atoms in total. The summed E-state index contributed by atoms with van der Waals surface area (Å²) < 4.78 is 1.02. The summed E-state index contributed by atoms with van der Waals surface area (Å²) in [6.45, 7) is 3.96. The van der Waals surface area contributed by atoms with Gasteiger partial charge in [-0.2, -0.15) is 0 Å². The highest BCUT2D eigenvalue weighted by atomic mass is 32.1. The van der Waals surface area contributed by atoms with Crippen LogP contribution < -0.4 is 10.6 Å². The van der Waals surface area contributed by atoms with Crippen molar-refractivity contribution in [2.45, 2.75) is 45.6 Å². The van der Waals surface area contributed by atoms with E-state index in [1.807, 2.05) is 56.3 Å². The maximum atomic E-state index is 12.3. The number of benzene rings is 2.